The molecule has 1 aromatic rings. The Bertz CT molecular complexity index is 249. The molecule has 0 aromatic heterocycles. The molecule has 0 saturated heterocycles. The van der Waals surface area contributed by atoms with E-state index in [0.717, 1.165) is 5.56 Å². The largest absolute Gasteiger partial charge is 0.252 e. The molecule has 2 nitrogen and oxygen atoms in total. The average Bonchev–Trinajstić information content (AvgIpc) is 2.09. The Morgan fingerprint density at radius 2 is 2.00 bits per heavy atom. The van der Waals surface area contributed by atoms with Gasteiger partial charge < -0.3 is 0 Å². The van der Waals surface area contributed by atoms with E-state index in [1.165, 1.54) is 5.56 Å². The van der Waals surface area contributed by atoms with Gasteiger partial charge in [-0.05, 0) is 12.5 Å². The van der Waals surface area contributed by atoms with Gasteiger partial charge >= 0.3 is 0 Å². The van der Waals surface area contributed by atoms with Gasteiger partial charge in [-0.25, -0.2) is 4.89 Å². The Balaban J connectivity index is 2.58. The molecule has 64 valence electrons. The molecule has 0 spiro atoms. The van der Waals surface area contributed by atoms with Crippen LogP contribution in [0.2, 0.25) is 0 Å². The first-order chi connectivity index (χ1) is 5.83. The summed E-state index contributed by atoms with van der Waals surface area (Å²) in [7, 11) is 0. The quantitative estimate of drug-likeness (QED) is 0.549. The highest BCUT2D eigenvalue weighted by atomic mass is 17.1. The summed E-state index contributed by atoms with van der Waals surface area (Å²) in [5.41, 5.74) is 2.35. The van der Waals surface area contributed by atoms with E-state index < -0.39 is 0 Å². The van der Waals surface area contributed by atoms with Crippen LogP contribution in [0.4, 0.5) is 0 Å². The summed E-state index contributed by atoms with van der Waals surface area (Å²) in [6, 6.07) is 8.12. The van der Waals surface area contributed by atoms with Gasteiger partial charge in [0.15, 0.2) is 0 Å². The molecule has 0 aliphatic carbocycles. The van der Waals surface area contributed by atoms with Gasteiger partial charge in [-0.1, -0.05) is 42.0 Å². The minimum Gasteiger partial charge on any atom is -0.252 e. The summed E-state index contributed by atoms with van der Waals surface area (Å²) in [5, 5.41) is 8.04. The summed E-state index contributed by atoms with van der Waals surface area (Å²) in [6.45, 7) is 2.28. The number of aryl methyl sites for hydroxylation is 1. The Labute approximate surface area is 72.0 Å². The fourth-order valence-electron chi connectivity index (χ4n) is 0.905. The molecular weight excluding hydrogens is 152 g/mol. The van der Waals surface area contributed by atoms with Crippen molar-refractivity contribution in [3.63, 3.8) is 0 Å². The van der Waals surface area contributed by atoms with Gasteiger partial charge in [0.05, 0.1) is 0 Å². The SMILES string of the molecule is Cc1ccc(C=CCOO)cc1. The van der Waals surface area contributed by atoms with Crippen LogP contribution in [0.1, 0.15) is 11.1 Å². The van der Waals surface area contributed by atoms with Crippen LogP contribution in [0.3, 0.4) is 0 Å². The van der Waals surface area contributed by atoms with Gasteiger partial charge in [-0.15, -0.1) is 0 Å². The first-order valence-corrected chi connectivity index (χ1v) is 3.82. The van der Waals surface area contributed by atoms with Crippen molar-refractivity contribution in [2.24, 2.45) is 0 Å². The minimum absolute atomic E-state index is 0.230. The maximum atomic E-state index is 8.04. The van der Waals surface area contributed by atoms with Crippen molar-refractivity contribution in [2.45, 2.75) is 6.92 Å². The van der Waals surface area contributed by atoms with Crippen LogP contribution in [0, 0.1) is 6.92 Å². The maximum absolute atomic E-state index is 8.04. The van der Waals surface area contributed by atoms with Crippen molar-refractivity contribution in [3.8, 4) is 0 Å². The molecule has 0 aliphatic heterocycles. The third kappa shape index (κ3) is 2.86. The second kappa shape index (κ2) is 4.70. The summed E-state index contributed by atoms with van der Waals surface area (Å²) < 4.78 is 0. The zero-order chi connectivity index (χ0) is 8.81. The molecule has 0 bridgehead atoms. The van der Waals surface area contributed by atoms with Crippen molar-refractivity contribution >= 4 is 6.08 Å². The number of rotatable bonds is 3. The van der Waals surface area contributed by atoms with Crippen LogP contribution in [-0.4, -0.2) is 11.9 Å². The molecule has 0 radical (unpaired) electrons. The van der Waals surface area contributed by atoms with Crippen LogP contribution in [0.25, 0.3) is 6.08 Å². The minimum atomic E-state index is 0.230. The Morgan fingerprint density at radius 1 is 1.33 bits per heavy atom. The summed E-state index contributed by atoms with van der Waals surface area (Å²) >= 11 is 0. The Hall–Kier alpha value is -1.12. The van der Waals surface area contributed by atoms with Gasteiger partial charge in [-0.3, -0.25) is 5.26 Å². The summed E-state index contributed by atoms with van der Waals surface area (Å²) in [6.07, 6.45) is 3.65. The van der Waals surface area contributed by atoms with Crippen LogP contribution >= 0.6 is 0 Å². The Morgan fingerprint density at radius 3 is 2.58 bits per heavy atom. The lowest BCUT2D eigenvalue weighted by molar-refractivity contribution is -0.231. The molecule has 1 rings (SSSR count). The zero-order valence-corrected chi connectivity index (χ0v) is 7.03. The van der Waals surface area contributed by atoms with Gasteiger partial charge in [0.25, 0.3) is 0 Å². The third-order valence-electron chi connectivity index (χ3n) is 1.56. The number of hydrogen-bond acceptors (Lipinski definition) is 2. The van der Waals surface area contributed by atoms with Crippen molar-refractivity contribution in [2.75, 3.05) is 6.61 Å². The van der Waals surface area contributed by atoms with E-state index in [4.69, 9.17) is 5.26 Å². The average molecular weight is 164 g/mol. The van der Waals surface area contributed by atoms with Gasteiger partial charge in [-0.2, -0.15) is 0 Å². The molecule has 12 heavy (non-hydrogen) atoms. The van der Waals surface area contributed by atoms with Crippen LogP contribution in [0.15, 0.2) is 30.3 Å². The molecule has 0 amide bonds. The fourth-order valence-corrected chi connectivity index (χ4v) is 0.905. The molecule has 0 aliphatic rings. The molecular formula is C10H12O2. The van der Waals surface area contributed by atoms with E-state index >= 15 is 0 Å². The topological polar surface area (TPSA) is 29.5 Å². The fraction of sp³-hybridized carbons (Fsp3) is 0.200. The third-order valence-corrected chi connectivity index (χ3v) is 1.56. The lowest BCUT2D eigenvalue weighted by Gasteiger charge is -1.93. The number of benzene rings is 1. The van der Waals surface area contributed by atoms with Crippen molar-refractivity contribution in [1.82, 2.24) is 0 Å². The van der Waals surface area contributed by atoms with Gasteiger partial charge in [0.2, 0.25) is 0 Å². The first-order valence-electron chi connectivity index (χ1n) is 3.82. The normalized spacial score (nSPS) is 10.8. The van der Waals surface area contributed by atoms with E-state index in [1.54, 1.807) is 6.08 Å². The standard InChI is InChI=1S/C10H12O2/c1-9-4-6-10(7-5-9)3-2-8-12-11/h2-7,11H,8H2,1H3. The molecule has 1 aromatic carbocycles. The van der Waals surface area contributed by atoms with E-state index in [2.05, 4.69) is 4.89 Å². The molecule has 0 unspecified atom stereocenters. The van der Waals surface area contributed by atoms with Crippen LogP contribution in [0.5, 0.6) is 0 Å². The summed E-state index contributed by atoms with van der Waals surface area (Å²) in [4.78, 5) is 3.90. The van der Waals surface area contributed by atoms with E-state index in [0.29, 0.717) is 0 Å². The second-order valence-electron chi connectivity index (χ2n) is 2.61. The van der Waals surface area contributed by atoms with Gasteiger partial charge in [0, 0.05) is 0 Å². The molecule has 1 N–H and O–H groups in total. The highest BCUT2D eigenvalue weighted by Gasteiger charge is 1.85. The molecule has 0 heterocycles. The van der Waals surface area contributed by atoms with E-state index in [9.17, 15) is 0 Å². The molecule has 0 fully saturated rings. The first kappa shape index (κ1) is 8.97. The van der Waals surface area contributed by atoms with Crippen molar-refractivity contribution < 1.29 is 10.1 Å². The smallest absolute Gasteiger partial charge is 0.100 e. The highest BCUT2D eigenvalue weighted by Crippen LogP contribution is 2.04. The van der Waals surface area contributed by atoms with Crippen LogP contribution in [-0.2, 0) is 4.89 Å². The van der Waals surface area contributed by atoms with Gasteiger partial charge in [0.1, 0.15) is 6.61 Å². The van der Waals surface area contributed by atoms with E-state index in [1.807, 2.05) is 37.3 Å². The summed E-state index contributed by atoms with van der Waals surface area (Å²) in [5.74, 6) is 0. The lowest BCUT2D eigenvalue weighted by atomic mass is 10.1. The molecule has 0 atom stereocenters. The molecule has 2 heteroatoms. The van der Waals surface area contributed by atoms with Crippen LogP contribution < -0.4 is 0 Å². The van der Waals surface area contributed by atoms with Crippen molar-refractivity contribution in [1.29, 1.82) is 0 Å². The second-order valence-corrected chi connectivity index (χ2v) is 2.61. The Kier molecular flexibility index (Phi) is 3.51. The monoisotopic (exact) mass is 164 g/mol. The predicted octanol–water partition coefficient (Wildman–Crippen LogP) is 2.50. The zero-order valence-electron chi connectivity index (χ0n) is 7.03. The van der Waals surface area contributed by atoms with Crippen molar-refractivity contribution in [3.05, 3.63) is 41.5 Å². The maximum Gasteiger partial charge on any atom is 0.100 e. The predicted molar refractivity (Wildman–Crippen MR) is 48.8 cm³/mol. The highest BCUT2D eigenvalue weighted by molar-refractivity contribution is 5.49. The van der Waals surface area contributed by atoms with E-state index in [-0.39, 0.29) is 6.61 Å². The number of hydrogen-bond donors (Lipinski definition) is 1. The lowest BCUT2D eigenvalue weighted by Crippen LogP contribution is -1.81. The molecule has 0 saturated carbocycles.